The average molecular weight is 719 g/mol. The van der Waals surface area contributed by atoms with Gasteiger partial charge in [0.05, 0.1) is 19.3 Å². The molecule has 2 aliphatic heterocycles. The Morgan fingerprint density at radius 3 is 1.96 bits per heavy atom. The van der Waals surface area contributed by atoms with Gasteiger partial charge in [0.15, 0.2) is 12.6 Å². The second-order valence-corrected chi connectivity index (χ2v) is 13.2. The first-order valence-electron chi connectivity index (χ1n) is 18.2. The molecule has 14 heteroatoms. The number of esters is 2. The summed E-state index contributed by atoms with van der Waals surface area (Å²) in [5.41, 5.74) is 0.111. The van der Waals surface area contributed by atoms with E-state index in [0.29, 0.717) is 19.4 Å². The van der Waals surface area contributed by atoms with E-state index in [9.17, 15) is 40.2 Å². The predicted octanol–water partition coefficient (Wildman–Crippen LogP) is 2.33. The lowest BCUT2D eigenvalue weighted by Crippen LogP contribution is -2.65. The van der Waals surface area contributed by atoms with Crippen LogP contribution in [-0.2, 0) is 38.0 Å². The minimum absolute atomic E-state index is 0.109. The third-order valence-corrected chi connectivity index (χ3v) is 8.83. The second-order valence-electron chi connectivity index (χ2n) is 13.2. The van der Waals surface area contributed by atoms with Gasteiger partial charge in [-0.3, -0.25) is 4.79 Å². The molecule has 0 aromatic carbocycles. The van der Waals surface area contributed by atoms with E-state index in [1.165, 1.54) is 6.92 Å². The number of hydrogen-bond acceptors (Lipinski definition) is 14. The predicted molar refractivity (Wildman–Crippen MR) is 181 cm³/mol. The number of rotatable bonds is 24. The van der Waals surface area contributed by atoms with Crippen LogP contribution in [0.1, 0.15) is 104 Å². The lowest BCUT2D eigenvalue weighted by Gasteiger charge is -2.46. The standard InChI is InChI=1S/C36H62O14/c1-5-45-27(38)20-18-16-14-12-10-8-6-7-9-11-13-15-17-19-24(4)47-36-33(31(42)28(39)25(21-37)48-36)50-35-32(43)30(41)29(40)26(49-35)22-46-34(44)23(2)3/h6-7,24-26,28-33,35-37,39-43H,2,5,8-22H2,1,3-4H3/b7-6-/t24?,25-,26-,28-,29-,30+,31+,32-,33-,35+,36-/m1/s1. The van der Waals surface area contributed by atoms with E-state index in [2.05, 4.69) is 18.7 Å². The van der Waals surface area contributed by atoms with Gasteiger partial charge in [0.2, 0.25) is 0 Å². The van der Waals surface area contributed by atoms with Gasteiger partial charge >= 0.3 is 11.9 Å². The molecule has 11 atom stereocenters. The molecule has 2 aliphatic rings. The molecule has 0 spiro atoms. The van der Waals surface area contributed by atoms with Crippen molar-refractivity contribution >= 4 is 11.9 Å². The molecule has 0 aliphatic carbocycles. The van der Waals surface area contributed by atoms with Crippen molar-refractivity contribution in [1.82, 2.24) is 0 Å². The average Bonchev–Trinajstić information content (AvgIpc) is 3.08. The number of allylic oxidation sites excluding steroid dienone is 2. The Morgan fingerprint density at radius 1 is 0.760 bits per heavy atom. The molecule has 0 aromatic rings. The topological polar surface area (TPSA) is 211 Å². The van der Waals surface area contributed by atoms with Gasteiger partial charge in [-0.05, 0) is 59.3 Å². The largest absolute Gasteiger partial charge is 0.466 e. The molecule has 0 bridgehead atoms. The highest BCUT2D eigenvalue weighted by Crippen LogP contribution is 2.31. The van der Waals surface area contributed by atoms with E-state index in [1.54, 1.807) is 0 Å². The fraction of sp³-hybridized carbons (Fsp3) is 0.833. The molecule has 0 radical (unpaired) electrons. The molecule has 14 nitrogen and oxygen atoms in total. The summed E-state index contributed by atoms with van der Waals surface area (Å²) in [7, 11) is 0. The first-order valence-corrected chi connectivity index (χ1v) is 18.2. The van der Waals surface area contributed by atoms with E-state index in [4.69, 9.17) is 28.4 Å². The van der Waals surface area contributed by atoms with Crippen molar-refractivity contribution in [3.05, 3.63) is 24.3 Å². The zero-order valence-electron chi connectivity index (χ0n) is 30.0. The Bertz CT molecular complexity index is 1010. The van der Waals surface area contributed by atoms with Gasteiger partial charge in [-0.15, -0.1) is 0 Å². The van der Waals surface area contributed by atoms with Crippen LogP contribution in [0.2, 0.25) is 0 Å². The molecule has 2 saturated heterocycles. The van der Waals surface area contributed by atoms with Crippen LogP contribution in [0.3, 0.4) is 0 Å². The molecular formula is C36H62O14. The maximum Gasteiger partial charge on any atom is 0.333 e. The number of unbranched alkanes of at least 4 members (excludes halogenated alkanes) is 9. The van der Waals surface area contributed by atoms with E-state index in [1.807, 2.05) is 13.8 Å². The van der Waals surface area contributed by atoms with E-state index >= 15 is 0 Å². The molecule has 2 heterocycles. The quantitative estimate of drug-likeness (QED) is 0.0366. The van der Waals surface area contributed by atoms with Gasteiger partial charge in [-0.25, -0.2) is 4.79 Å². The molecular weight excluding hydrogens is 656 g/mol. The Kier molecular flexibility index (Phi) is 21.5. The molecule has 290 valence electrons. The maximum absolute atomic E-state index is 11.8. The number of carbonyl (C=O) groups is 2. The van der Waals surface area contributed by atoms with Crippen LogP contribution in [0.25, 0.3) is 0 Å². The summed E-state index contributed by atoms with van der Waals surface area (Å²) in [6.45, 7) is 7.92. The van der Waals surface area contributed by atoms with Crippen molar-refractivity contribution in [2.24, 2.45) is 0 Å². The van der Waals surface area contributed by atoms with Gasteiger partial charge in [-0.2, -0.15) is 0 Å². The molecule has 0 saturated carbocycles. The Balaban J connectivity index is 1.75. The number of aliphatic hydroxyl groups is 6. The number of carbonyl (C=O) groups excluding carboxylic acids is 2. The lowest BCUT2D eigenvalue weighted by molar-refractivity contribution is -0.371. The molecule has 2 rings (SSSR count). The summed E-state index contributed by atoms with van der Waals surface area (Å²) in [5, 5.41) is 62.6. The summed E-state index contributed by atoms with van der Waals surface area (Å²) < 4.78 is 33.2. The van der Waals surface area contributed by atoms with Crippen LogP contribution in [0, 0.1) is 0 Å². The first kappa shape index (κ1) is 44.2. The zero-order valence-corrected chi connectivity index (χ0v) is 30.0. The Morgan fingerprint density at radius 2 is 1.34 bits per heavy atom. The SMILES string of the molecule is C=C(C)C(=O)OC[C@H]1O[C@@H](O[C@H]2[C@H](OC(C)CCCCCC/C=C\CCCCCCCC(=O)OCC)O[C@H](CO)[C@@H](O)[C@@H]2O)[C@H](O)[C@@H](O)[C@@H]1O. The van der Waals surface area contributed by atoms with Gasteiger partial charge in [0.25, 0.3) is 0 Å². The van der Waals surface area contributed by atoms with Crippen molar-refractivity contribution in [3.8, 4) is 0 Å². The number of hydrogen-bond donors (Lipinski definition) is 6. The van der Waals surface area contributed by atoms with Crippen LogP contribution in [0.4, 0.5) is 0 Å². The minimum atomic E-state index is -1.77. The van der Waals surface area contributed by atoms with Gasteiger partial charge in [0, 0.05) is 12.0 Å². The van der Waals surface area contributed by atoms with Crippen molar-refractivity contribution in [2.45, 2.75) is 172 Å². The van der Waals surface area contributed by atoms with E-state index < -0.39 is 80.6 Å². The van der Waals surface area contributed by atoms with Crippen molar-refractivity contribution in [2.75, 3.05) is 19.8 Å². The molecule has 0 amide bonds. The van der Waals surface area contributed by atoms with Gasteiger partial charge in [0.1, 0.15) is 55.4 Å². The van der Waals surface area contributed by atoms with Crippen LogP contribution in [0.5, 0.6) is 0 Å². The minimum Gasteiger partial charge on any atom is -0.466 e. The van der Waals surface area contributed by atoms with Crippen LogP contribution >= 0.6 is 0 Å². The summed E-state index contributed by atoms with van der Waals surface area (Å²) in [6, 6.07) is 0. The maximum atomic E-state index is 11.8. The second kappa shape index (κ2) is 24.3. The van der Waals surface area contributed by atoms with E-state index in [-0.39, 0.29) is 17.6 Å². The Labute approximate surface area is 296 Å². The lowest BCUT2D eigenvalue weighted by atomic mass is 9.97. The normalized spacial score (nSPS) is 30.7. The van der Waals surface area contributed by atoms with Crippen molar-refractivity contribution < 1.29 is 68.6 Å². The molecule has 2 fully saturated rings. The third-order valence-electron chi connectivity index (χ3n) is 8.83. The van der Waals surface area contributed by atoms with Crippen LogP contribution < -0.4 is 0 Å². The first-order chi connectivity index (χ1) is 23.9. The van der Waals surface area contributed by atoms with Crippen molar-refractivity contribution in [3.63, 3.8) is 0 Å². The summed E-state index contributed by atoms with van der Waals surface area (Å²) in [4.78, 5) is 23.2. The van der Waals surface area contributed by atoms with Gasteiger partial charge in [-0.1, -0.05) is 57.3 Å². The Hall–Kier alpha value is -1.98. The highest BCUT2D eigenvalue weighted by atomic mass is 16.8. The molecule has 50 heavy (non-hydrogen) atoms. The summed E-state index contributed by atoms with van der Waals surface area (Å²) >= 11 is 0. The fourth-order valence-corrected chi connectivity index (χ4v) is 5.79. The zero-order chi connectivity index (χ0) is 37.1. The number of ether oxygens (including phenoxy) is 6. The number of aliphatic hydroxyl groups excluding tert-OH is 6. The summed E-state index contributed by atoms with van der Waals surface area (Å²) in [5.74, 6) is -0.853. The molecule has 6 N–H and O–H groups in total. The van der Waals surface area contributed by atoms with Crippen LogP contribution in [0.15, 0.2) is 24.3 Å². The smallest absolute Gasteiger partial charge is 0.333 e. The van der Waals surface area contributed by atoms with Crippen molar-refractivity contribution in [1.29, 1.82) is 0 Å². The highest BCUT2D eigenvalue weighted by Gasteiger charge is 2.51. The molecule has 1 unspecified atom stereocenters. The highest BCUT2D eigenvalue weighted by molar-refractivity contribution is 5.86. The molecule has 0 aromatic heterocycles. The van der Waals surface area contributed by atoms with E-state index in [0.717, 1.165) is 70.6 Å². The third kappa shape index (κ3) is 15.3. The van der Waals surface area contributed by atoms with Gasteiger partial charge < -0.3 is 59.1 Å². The van der Waals surface area contributed by atoms with Crippen LogP contribution in [-0.4, -0.2) is 130 Å². The monoisotopic (exact) mass is 718 g/mol. The fourth-order valence-electron chi connectivity index (χ4n) is 5.79. The summed E-state index contributed by atoms with van der Waals surface area (Å²) in [6.07, 6.45) is 1.55.